The maximum Gasteiger partial charge on any atom is 0.142 e. The first-order valence-electron chi connectivity index (χ1n) is 4.48. The minimum absolute atomic E-state index is 0.693. The molecular weight excluding hydrogens is 164 g/mol. The van der Waals surface area contributed by atoms with Crippen molar-refractivity contribution in [3.63, 3.8) is 0 Å². The minimum Gasteiger partial charge on any atom is -0.492 e. The fourth-order valence-electron chi connectivity index (χ4n) is 1.08. The van der Waals surface area contributed by atoms with Gasteiger partial charge in [0.05, 0.1) is 19.0 Å². The second-order valence-electron chi connectivity index (χ2n) is 2.64. The van der Waals surface area contributed by atoms with Crippen molar-refractivity contribution in [2.24, 2.45) is 0 Å². The highest BCUT2D eigenvalue weighted by Gasteiger charge is 1.99. The number of ether oxygens (including phenoxy) is 1. The van der Waals surface area contributed by atoms with Crippen LogP contribution in [0, 0.1) is 0 Å². The molecule has 0 aliphatic heterocycles. The summed E-state index contributed by atoms with van der Waals surface area (Å²) in [6.07, 6.45) is 0. The van der Waals surface area contributed by atoms with Crippen molar-refractivity contribution in [2.75, 3.05) is 25.6 Å². The summed E-state index contributed by atoms with van der Waals surface area (Å²) in [5.74, 6) is 0.903. The summed E-state index contributed by atoms with van der Waals surface area (Å²) >= 11 is 0. The monoisotopic (exact) mass is 180 g/mol. The lowest BCUT2D eigenvalue weighted by molar-refractivity contribution is 0.341. The molecule has 13 heavy (non-hydrogen) atoms. The quantitative estimate of drug-likeness (QED) is 0.676. The third-order valence-electron chi connectivity index (χ3n) is 1.64. The number of nitrogens with one attached hydrogen (secondary N) is 2. The zero-order valence-corrected chi connectivity index (χ0v) is 8.13. The third-order valence-corrected chi connectivity index (χ3v) is 1.64. The predicted octanol–water partition coefficient (Wildman–Crippen LogP) is 1.67. The van der Waals surface area contributed by atoms with E-state index in [-0.39, 0.29) is 0 Å². The molecule has 0 spiro atoms. The largest absolute Gasteiger partial charge is 0.492 e. The molecule has 0 aliphatic carbocycles. The second-order valence-corrected chi connectivity index (χ2v) is 2.64. The summed E-state index contributed by atoms with van der Waals surface area (Å²) < 4.78 is 5.44. The average molecular weight is 180 g/mol. The molecule has 1 aromatic rings. The molecule has 0 unspecified atom stereocenters. The van der Waals surface area contributed by atoms with Crippen molar-refractivity contribution in [1.82, 2.24) is 5.32 Å². The Balaban J connectivity index is 2.66. The van der Waals surface area contributed by atoms with Gasteiger partial charge in [-0.05, 0) is 26.1 Å². The Morgan fingerprint density at radius 1 is 1.31 bits per heavy atom. The molecule has 0 bridgehead atoms. The lowest BCUT2D eigenvalue weighted by atomic mass is 10.3. The number of para-hydroxylation sites is 2. The first-order valence-corrected chi connectivity index (χ1v) is 4.48. The van der Waals surface area contributed by atoms with E-state index in [1.807, 2.05) is 38.2 Å². The molecule has 0 saturated heterocycles. The van der Waals surface area contributed by atoms with Crippen molar-refractivity contribution in [3.05, 3.63) is 24.3 Å². The van der Waals surface area contributed by atoms with Gasteiger partial charge in [0.15, 0.2) is 0 Å². The molecule has 72 valence electrons. The molecule has 0 radical (unpaired) electrons. The van der Waals surface area contributed by atoms with Crippen LogP contribution in [0.1, 0.15) is 6.92 Å². The van der Waals surface area contributed by atoms with Gasteiger partial charge in [-0.2, -0.15) is 0 Å². The number of benzene rings is 1. The van der Waals surface area contributed by atoms with Crippen LogP contribution in [0.5, 0.6) is 5.75 Å². The van der Waals surface area contributed by atoms with Gasteiger partial charge < -0.3 is 15.4 Å². The van der Waals surface area contributed by atoms with Gasteiger partial charge in [-0.15, -0.1) is 0 Å². The molecule has 0 fully saturated rings. The molecule has 1 rings (SSSR count). The van der Waals surface area contributed by atoms with Crippen LogP contribution >= 0.6 is 0 Å². The molecular formula is C10H16N2O. The summed E-state index contributed by atoms with van der Waals surface area (Å²) in [7, 11) is 1.90. The maximum absolute atomic E-state index is 5.44. The van der Waals surface area contributed by atoms with E-state index in [0.29, 0.717) is 6.61 Å². The van der Waals surface area contributed by atoms with E-state index in [2.05, 4.69) is 10.6 Å². The summed E-state index contributed by atoms with van der Waals surface area (Å²) in [4.78, 5) is 0. The van der Waals surface area contributed by atoms with Crippen LogP contribution in [0.4, 0.5) is 5.69 Å². The Bertz CT molecular complexity index is 250. The van der Waals surface area contributed by atoms with E-state index in [1.165, 1.54) is 0 Å². The third kappa shape index (κ3) is 2.95. The Morgan fingerprint density at radius 2 is 2.08 bits per heavy atom. The molecule has 2 N–H and O–H groups in total. The fraction of sp³-hybridized carbons (Fsp3) is 0.400. The maximum atomic E-state index is 5.44. The van der Waals surface area contributed by atoms with Crippen LogP contribution in [-0.2, 0) is 0 Å². The average Bonchev–Trinajstić information content (AvgIpc) is 2.17. The standard InChI is InChI=1S/C10H16N2O/c1-3-13-10-7-5-4-6-9(10)12-8-11-2/h4-7,11-12H,3,8H2,1-2H3. The molecule has 0 aliphatic rings. The van der Waals surface area contributed by atoms with Gasteiger partial charge in [0.1, 0.15) is 5.75 Å². The highest BCUT2D eigenvalue weighted by Crippen LogP contribution is 2.22. The summed E-state index contributed by atoms with van der Waals surface area (Å²) in [5.41, 5.74) is 1.03. The lowest BCUT2D eigenvalue weighted by Crippen LogP contribution is -2.17. The van der Waals surface area contributed by atoms with E-state index in [0.717, 1.165) is 18.1 Å². The van der Waals surface area contributed by atoms with Gasteiger partial charge in [-0.1, -0.05) is 12.1 Å². The van der Waals surface area contributed by atoms with Gasteiger partial charge in [-0.3, -0.25) is 0 Å². The van der Waals surface area contributed by atoms with Crippen LogP contribution in [-0.4, -0.2) is 20.3 Å². The summed E-state index contributed by atoms with van der Waals surface area (Å²) in [6.45, 7) is 3.41. The molecule has 0 heterocycles. The zero-order chi connectivity index (χ0) is 9.52. The Morgan fingerprint density at radius 3 is 2.77 bits per heavy atom. The number of rotatable bonds is 5. The van der Waals surface area contributed by atoms with Gasteiger partial charge in [-0.25, -0.2) is 0 Å². The molecule has 1 aromatic carbocycles. The van der Waals surface area contributed by atoms with Crippen molar-refractivity contribution in [1.29, 1.82) is 0 Å². The Hall–Kier alpha value is -1.22. The molecule has 3 nitrogen and oxygen atoms in total. The van der Waals surface area contributed by atoms with Gasteiger partial charge >= 0.3 is 0 Å². The van der Waals surface area contributed by atoms with Crippen LogP contribution in [0.2, 0.25) is 0 Å². The van der Waals surface area contributed by atoms with Gasteiger partial charge in [0.25, 0.3) is 0 Å². The van der Waals surface area contributed by atoms with Gasteiger partial charge in [0.2, 0.25) is 0 Å². The smallest absolute Gasteiger partial charge is 0.142 e. The minimum atomic E-state index is 0.693. The molecule has 0 saturated carbocycles. The van der Waals surface area contributed by atoms with E-state index >= 15 is 0 Å². The first-order chi connectivity index (χ1) is 6.38. The topological polar surface area (TPSA) is 33.3 Å². The van der Waals surface area contributed by atoms with Crippen molar-refractivity contribution < 1.29 is 4.74 Å². The lowest BCUT2D eigenvalue weighted by Gasteiger charge is -2.11. The van der Waals surface area contributed by atoms with E-state index in [9.17, 15) is 0 Å². The first kappa shape index (κ1) is 9.86. The Labute approximate surface area is 79.1 Å². The fourth-order valence-corrected chi connectivity index (χ4v) is 1.08. The summed E-state index contributed by atoms with van der Waals surface area (Å²) in [6, 6.07) is 7.92. The van der Waals surface area contributed by atoms with Crippen LogP contribution in [0.15, 0.2) is 24.3 Å². The van der Waals surface area contributed by atoms with E-state index in [4.69, 9.17) is 4.74 Å². The van der Waals surface area contributed by atoms with Crippen molar-refractivity contribution in [2.45, 2.75) is 6.92 Å². The van der Waals surface area contributed by atoms with E-state index in [1.54, 1.807) is 0 Å². The second kappa shape index (κ2) is 5.43. The highest BCUT2D eigenvalue weighted by molar-refractivity contribution is 5.55. The SMILES string of the molecule is CCOc1ccccc1NCNC. The van der Waals surface area contributed by atoms with Crippen LogP contribution in [0.3, 0.4) is 0 Å². The zero-order valence-electron chi connectivity index (χ0n) is 8.13. The number of hydrogen-bond donors (Lipinski definition) is 2. The predicted molar refractivity (Wildman–Crippen MR) is 55.2 cm³/mol. The summed E-state index contributed by atoms with van der Waals surface area (Å²) in [5, 5.41) is 6.23. The van der Waals surface area contributed by atoms with Crippen molar-refractivity contribution >= 4 is 5.69 Å². The molecule has 0 aromatic heterocycles. The molecule has 0 atom stereocenters. The molecule has 0 amide bonds. The number of hydrogen-bond acceptors (Lipinski definition) is 3. The number of anilines is 1. The van der Waals surface area contributed by atoms with Crippen LogP contribution < -0.4 is 15.4 Å². The Kier molecular flexibility index (Phi) is 4.12. The van der Waals surface area contributed by atoms with Gasteiger partial charge in [0, 0.05) is 0 Å². The normalized spacial score (nSPS) is 9.69. The van der Waals surface area contributed by atoms with Crippen LogP contribution in [0.25, 0.3) is 0 Å². The molecule has 3 heteroatoms. The highest BCUT2D eigenvalue weighted by atomic mass is 16.5. The van der Waals surface area contributed by atoms with Crippen molar-refractivity contribution in [3.8, 4) is 5.75 Å². The van der Waals surface area contributed by atoms with E-state index < -0.39 is 0 Å².